The number of rotatable bonds is 24. The quantitative estimate of drug-likeness (QED) is 0.121. The van der Waals surface area contributed by atoms with Crippen LogP contribution in [-0.4, -0.2) is 54.0 Å². The summed E-state index contributed by atoms with van der Waals surface area (Å²) in [5.41, 5.74) is 0. The number of nitrogens with zero attached hydrogens (tertiary/aromatic N) is 1. The summed E-state index contributed by atoms with van der Waals surface area (Å²) in [4.78, 5) is 10.7. The highest BCUT2D eigenvalue weighted by Gasteiger charge is 2.21. The van der Waals surface area contributed by atoms with Crippen LogP contribution in [0, 0.1) is 0 Å². The molecule has 0 aliphatic rings. The summed E-state index contributed by atoms with van der Waals surface area (Å²) in [6.07, 6.45) is 25.4. The maximum atomic E-state index is 10.7. The average molecular weight is 443 g/mol. The molecule has 0 aromatic carbocycles. The van der Waals surface area contributed by atoms with Crippen LogP contribution < -0.4 is 0 Å². The molecule has 31 heavy (non-hydrogen) atoms. The van der Waals surface area contributed by atoms with Crippen LogP contribution in [0.1, 0.15) is 135 Å². The fourth-order valence-corrected chi connectivity index (χ4v) is 4.43. The highest BCUT2D eigenvalue weighted by Crippen LogP contribution is 2.15. The lowest BCUT2D eigenvalue weighted by molar-refractivity contribution is -0.892. The van der Waals surface area contributed by atoms with E-state index in [4.69, 9.17) is 5.11 Å². The van der Waals surface area contributed by atoms with Gasteiger partial charge in [-0.3, -0.25) is 4.79 Å². The van der Waals surface area contributed by atoms with Crippen LogP contribution in [-0.2, 0) is 4.79 Å². The third kappa shape index (κ3) is 23.9. The number of aliphatic hydroxyl groups excluding tert-OH is 1. The van der Waals surface area contributed by atoms with Crippen molar-refractivity contribution < 1.29 is 19.5 Å². The predicted octanol–water partition coefficient (Wildman–Crippen LogP) is 7.33. The summed E-state index contributed by atoms with van der Waals surface area (Å²) in [5.74, 6) is -0.760. The van der Waals surface area contributed by atoms with E-state index >= 15 is 0 Å². The lowest BCUT2D eigenvalue weighted by atomic mass is 10.0. The zero-order valence-corrected chi connectivity index (χ0v) is 21.4. The molecular formula is C27H56NO3+. The fourth-order valence-electron chi connectivity index (χ4n) is 4.43. The number of likely N-dealkylation sites (N-methyl/N-ethyl adjacent to an activating group) is 1. The summed E-state index contributed by atoms with van der Waals surface area (Å²) in [6, 6.07) is 0. The molecule has 0 radical (unpaired) electrons. The topological polar surface area (TPSA) is 57.5 Å². The number of aliphatic carboxylic acids is 1. The maximum Gasteiger partial charge on any atom is 0.309 e. The zero-order chi connectivity index (χ0) is 23.2. The lowest BCUT2D eigenvalue weighted by Gasteiger charge is -2.31. The first-order valence-electron chi connectivity index (χ1n) is 13.6. The van der Waals surface area contributed by atoms with Crippen LogP contribution in [0.25, 0.3) is 0 Å². The van der Waals surface area contributed by atoms with Crippen molar-refractivity contribution in [2.75, 3.05) is 27.2 Å². The van der Waals surface area contributed by atoms with Gasteiger partial charge in [0.1, 0.15) is 12.6 Å². The molecule has 0 spiro atoms. The lowest BCUT2D eigenvalue weighted by Crippen LogP contribution is -2.46. The molecule has 0 rings (SSSR count). The first-order chi connectivity index (χ1) is 14.9. The van der Waals surface area contributed by atoms with Crippen molar-refractivity contribution >= 4 is 5.97 Å². The summed E-state index contributed by atoms with van der Waals surface area (Å²) >= 11 is 0. The minimum absolute atomic E-state index is 0.166. The number of unbranched alkanes of at least 4 members (excludes halogenated alkanes) is 17. The van der Waals surface area contributed by atoms with Crippen molar-refractivity contribution in [1.29, 1.82) is 0 Å². The van der Waals surface area contributed by atoms with Gasteiger partial charge in [-0.2, -0.15) is 0 Å². The van der Waals surface area contributed by atoms with E-state index in [1.54, 1.807) is 0 Å². The minimum atomic E-state index is -0.760. The Kier molecular flexibility index (Phi) is 20.8. The Balaban J connectivity index is 3.30. The molecule has 0 heterocycles. The number of carboxylic acids is 1. The Morgan fingerprint density at radius 3 is 1.39 bits per heavy atom. The maximum absolute atomic E-state index is 10.7. The van der Waals surface area contributed by atoms with Crippen LogP contribution in [0.2, 0.25) is 0 Å². The molecule has 1 atom stereocenters. The predicted molar refractivity (Wildman–Crippen MR) is 133 cm³/mol. The Labute approximate surface area is 194 Å². The molecule has 186 valence electrons. The summed E-state index contributed by atoms with van der Waals surface area (Å²) in [7, 11) is 4.00. The second-order valence-corrected chi connectivity index (χ2v) is 10.4. The van der Waals surface area contributed by atoms with E-state index in [2.05, 4.69) is 6.92 Å². The molecule has 4 heteroatoms. The van der Waals surface area contributed by atoms with Crippen molar-refractivity contribution in [3.05, 3.63) is 0 Å². The van der Waals surface area contributed by atoms with Gasteiger partial charge in [0.25, 0.3) is 0 Å². The van der Waals surface area contributed by atoms with Crippen LogP contribution >= 0.6 is 0 Å². The Morgan fingerprint density at radius 2 is 1.03 bits per heavy atom. The highest BCUT2D eigenvalue weighted by atomic mass is 16.4. The van der Waals surface area contributed by atoms with E-state index in [9.17, 15) is 9.90 Å². The van der Waals surface area contributed by atoms with Crippen molar-refractivity contribution in [3.63, 3.8) is 0 Å². The molecule has 0 aliphatic carbocycles. The first-order valence-corrected chi connectivity index (χ1v) is 13.6. The van der Waals surface area contributed by atoms with E-state index in [0.717, 1.165) is 12.8 Å². The minimum Gasteiger partial charge on any atom is -0.481 e. The molecular weight excluding hydrogens is 386 g/mol. The Hall–Kier alpha value is -0.610. The van der Waals surface area contributed by atoms with Gasteiger partial charge in [0, 0.05) is 0 Å². The van der Waals surface area contributed by atoms with Gasteiger partial charge in [-0.25, -0.2) is 0 Å². The first kappa shape index (κ1) is 30.4. The molecule has 0 bridgehead atoms. The van der Waals surface area contributed by atoms with Gasteiger partial charge in [0.05, 0.1) is 27.1 Å². The zero-order valence-electron chi connectivity index (χ0n) is 21.4. The van der Waals surface area contributed by atoms with Crippen molar-refractivity contribution in [3.8, 4) is 0 Å². The highest BCUT2D eigenvalue weighted by molar-refractivity contribution is 5.66. The van der Waals surface area contributed by atoms with Crippen LogP contribution in [0.3, 0.4) is 0 Å². The molecule has 4 nitrogen and oxygen atoms in total. The summed E-state index contributed by atoms with van der Waals surface area (Å²) in [6.45, 7) is 3.50. The number of quaternary nitrogens is 1. The fraction of sp³-hybridized carbons (Fsp3) is 0.963. The molecule has 1 unspecified atom stereocenters. The van der Waals surface area contributed by atoms with E-state index in [0.29, 0.717) is 17.6 Å². The number of aliphatic hydroxyl groups is 1. The van der Waals surface area contributed by atoms with Gasteiger partial charge in [-0.05, 0) is 6.42 Å². The molecule has 0 fully saturated rings. The molecule has 0 aromatic heterocycles. The van der Waals surface area contributed by atoms with Gasteiger partial charge >= 0.3 is 5.97 Å². The summed E-state index contributed by atoms with van der Waals surface area (Å²) < 4.78 is 0.576. The van der Waals surface area contributed by atoms with Gasteiger partial charge < -0.3 is 14.7 Å². The Bertz CT molecular complexity index is 398. The number of carbonyl (C=O) groups is 1. The van der Waals surface area contributed by atoms with E-state index in [1.165, 1.54) is 109 Å². The normalized spacial score (nSPS) is 12.9. The molecule has 0 saturated carbocycles. The van der Waals surface area contributed by atoms with E-state index in [-0.39, 0.29) is 12.5 Å². The van der Waals surface area contributed by atoms with Crippen LogP contribution in [0.15, 0.2) is 0 Å². The van der Waals surface area contributed by atoms with E-state index < -0.39 is 5.97 Å². The van der Waals surface area contributed by atoms with Crippen molar-refractivity contribution in [2.45, 2.75) is 141 Å². The molecule has 0 amide bonds. The Morgan fingerprint density at radius 1 is 0.677 bits per heavy atom. The second kappa shape index (κ2) is 21.2. The van der Waals surface area contributed by atoms with Gasteiger partial charge in [0.2, 0.25) is 0 Å². The number of carboxylic acid groups (broad SMARTS) is 1. The molecule has 2 N–H and O–H groups in total. The second-order valence-electron chi connectivity index (χ2n) is 10.4. The smallest absolute Gasteiger partial charge is 0.309 e. The summed E-state index contributed by atoms with van der Waals surface area (Å²) in [5, 5.41) is 19.0. The van der Waals surface area contributed by atoms with Gasteiger partial charge in [-0.15, -0.1) is 0 Å². The van der Waals surface area contributed by atoms with Crippen LogP contribution in [0.4, 0.5) is 0 Å². The third-order valence-corrected chi connectivity index (χ3v) is 6.53. The SMILES string of the molecule is CCCCCCCCCCCCCCCCCCCCC(O)C[N+](C)(C)CCC(=O)O. The molecule has 0 aliphatic heterocycles. The van der Waals surface area contributed by atoms with E-state index in [1.807, 2.05) is 14.1 Å². The molecule has 0 saturated heterocycles. The number of hydrogen-bond donors (Lipinski definition) is 2. The average Bonchev–Trinajstić information content (AvgIpc) is 2.71. The monoisotopic (exact) mass is 442 g/mol. The van der Waals surface area contributed by atoms with Gasteiger partial charge in [0.15, 0.2) is 0 Å². The van der Waals surface area contributed by atoms with Gasteiger partial charge in [-0.1, -0.05) is 122 Å². The van der Waals surface area contributed by atoms with Crippen molar-refractivity contribution in [1.82, 2.24) is 0 Å². The van der Waals surface area contributed by atoms with Crippen molar-refractivity contribution in [2.24, 2.45) is 0 Å². The standard InChI is InChI=1S/C27H55NO3/c1-4-5-6-7-8-9-10-11-12-13-14-15-16-17-18-19-20-21-22-26(29)25-28(2,3)24-23-27(30)31/h26,29H,4-25H2,1-3H3/p+1. The molecule has 0 aromatic rings. The van der Waals surface area contributed by atoms with Crippen LogP contribution in [0.5, 0.6) is 0 Å². The largest absolute Gasteiger partial charge is 0.481 e. The third-order valence-electron chi connectivity index (χ3n) is 6.53. The number of hydrogen-bond acceptors (Lipinski definition) is 2.